The normalized spacial score (nSPS) is 10.1. The van der Waals surface area contributed by atoms with Crippen LogP contribution in [0, 0.1) is 6.92 Å². The Labute approximate surface area is 110 Å². The predicted octanol–water partition coefficient (Wildman–Crippen LogP) is 3.95. The zero-order valence-electron chi connectivity index (χ0n) is 12.1. The minimum Gasteiger partial charge on any atom is -0.444 e. The third-order valence-corrected chi connectivity index (χ3v) is 1.96. The van der Waals surface area contributed by atoms with Gasteiger partial charge in [-0.25, -0.2) is 4.79 Å². The number of aryl methyl sites for hydroxylation is 1. The molecular weight excluding hydrogens is 228 g/mol. The van der Waals surface area contributed by atoms with Crippen molar-refractivity contribution < 1.29 is 9.53 Å². The first-order valence-electron chi connectivity index (χ1n) is 6.15. The summed E-state index contributed by atoms with van der Waals surface area (Å²) in [7, 11) is 0. The second-order valence-corrected chi connectivity index (χ2v) is 4.66. The van der Waals surface area contributed by atoms with Crippen LogP contribution in [0.5, 0.6) is 0 Å². The van der Waals surface area contributed by atoms with Crippen LogP contribution in [0.15, 0.2) is 18.2 Å². The highest BCUT2D eigenvalue weighted by atomic mass is 16.6. The Morgan fingerprint density at radius 2 is 1.83 bits per heavy atom. The number of hydrogen-bond acceptors (Lipinski definition) is 3. The monoisotopic (exact) mass is 252 g/mol. The molecule has 1 aromatic carbocycles. The summed E-state index contributed by atoms with van der Waals surface area (Å²) in [5, 5.41) is 2.62. The van der Waals surface area contributed by atoms with Gasteiger partial charge in [-0.05, 0) is 39.3 Å². The van der Waals surface area contributed by atoms with E-state index in [2.05, 4.69) is 5.32 Å². The first kappa shape index (κ1) is 16.3. The molecule has 0 unspecified atom stereocenters. The van der Waals surface area contributed by atoms with Crippen molar-refractivity contribution in [3.05, 3.63) is 23.8 Å². The van der Waals surface area contributed by atoms with Gasteiger partial charge in [-0.1, -0.05) is 26.0 Å². The maximum atomic E-state index is 11.5. The average molecular weight is 252 g/mol. The van der Waals surface area contributed by atoms with E-state index < -0.39 is 11.7 Å². The number of ether oxygens (including phenoxy) is 1. The summed E-state index contributed by atoms with van der Waals surface area (Å²) >= 11 is 0. The first-order chi connectivity index (χ1) is 8.29. The molecule has 0 aliphatic heterocycles. The fraction of sp³-hybridized carbons (Fsp3) is 0.500. The minimum absolute atomic E-state index is 0.496. The molecule has 0 spiro atoms. The van der Waals surface area contributed by atoms with Gasteiger partial charge in [-0.3, -0.25) is 5.32 Å². The first-order valence-corrected chi connectivity index (χ1v) is 6.15. The fourth-order valence-corrected chi connectivity index (χ4v) is 1.20. The van der Waals surface area contributed by atoms with E-state index in [1.165, 1.54) is 0 Å². The Balaban J connectivity index is 0.00000137. The molecule has 0 saturated carbocycles. The molecule has 0 aromatic heterocycles. The van der Waals surface area contributed by atoms with Crippen molar-refractivity contribution >= 4 is 17.5 Å². The zero-order valence-corrected chi connectivity index (χ0v) is 12.1. The lowest BCUT2D eigenvalue weighted by Gasteiger charge is -2.20. The molecule has 0 heterocycles. The number of amides is 1. The van der Waals surface area contributed by atoms with Crippen LogP contribution in [0.3, 0.4) is 0 Å². The van der Waals surface area contributed by atoms with Gasteiger partial charge in [-0.15, -0.1) is 0 Å². The van der Waals surface area contributed by atoms with Gasteiger partial charge in [0.2, 0.25) is 0 Å². The number of benzene rings is 1. The maximum absolute atomic E-state index is 11.5. The van der Waals surface area contributed by atoms with Gasteiger partial charge in [0.05, 0.1) is 11.4 Å². The molecule has 0 radical (unpaired) electrons. The molecule has 0 aliphatic rings. The smallest absolute Gasteiger partial charge is 0.412 e. The number of nitrogen functional groups attached to an aromatic ring is 1. The van der Waals surface area contributed by atoms with Crippen LogP contribution in [-0.4, -0.2) is 11.7 Å². The largest absolute Gasteiger partial charge is 0.444 e. The van der Waals surface area contributed by atoms with Crippen LogP contribution in [-0.2, 0) is 4.74 Å². The van der Waals surface area contributed by atoms with Crippen LogP contribution in [0.1, 0.15) is 40.2 Å². The van der Waals surface area contributed by atoms with E-state index in [-0.39, 0.29) is 0 Å². The molecule has 0 aliphatic carbocycles. The molecule has 1 aromatic rings. The van der Waals surface area contributed by atoms with E-state index in [1.54, 1.807) is 6.07 Å². The maximum Gasteiger partial charge on any atom is 0.412 e. The second kappa shape index (κ2) is 6.89. The number of anilines is 2. The molecule has 1 rings (SSSR count). The molecule has 4 heteroatoms. The summed E-state index contributed by atoms with van der Waals surface area (Å²) in [6.07, 6.45) is -0.496. The van der Waals surface area contributed by atoms with Crippen molar-refractivity contribution in [1.82, 2.24) is 0 Å². The second-order valence-electron chi connectivity index (χ2n) is 4.66. The Morgan fingerprint density at radius 1 is 1.28 bits per heavy atom. The summed E-state index contributed by atoms with van der Waals surface area (Å²) < 4.78 is 5.13. The van der Waals surface area contributed by atoms with E-state index in [1.807, 2.05) is 53.7 Å². The molecule has 18 heavy (non-hydrogen) atoms. The molecule has 3 N–H and O–H groups in total. The topological polar surface area (TPSA) is 64.3 Å². The number of carbonyl (C=O) groups is 1. The lowest BCUT2D eigenvalue weighted by molar-refractivity contribution is 0.0636. The van der Waals surface area contributed by atoms with E-state index in [9.17, 15) is 4.79 Å². The number of carbonyl (C=O) groups excluding carboxylic acids is 1. The van der Waals surface area contributed by atoms with E-state index >= 15 is 0 Å². The zero-order chi connectivity index (χ0) is 14.3. The standard InChI is InChI=1S/C12H18N2O2.C2H6/c1-8-6-5-7-9(10(8)13)14-11(15)16-12(2,3)4;1-2/h5-7H,13H2,1-4H3,(H,14,15);1-2H3. The summed E-state index contributed by atoms with van der Waals surface area (Å²) in [5.41, 5.74) is 7.38. The Kier molecular flexibility index (Phi) is 6.23. The van der Waals surface area contributed by atoms with E-state index in [0.717, 1.165) is 5.56 Å². The highest BCUT2D eigenvalue weighted by molar-refractivity contribution is 5.89. The molecule has 0 fully saturated rings. The number of nitrogens with one attached hydrogen (secondary N) is 1. The third-order valence-electron chi connectivity index (χ3n) is 1.96. The van der Waals surface area contributed by atoms with Gasteiger partial charge in [0.25, 0.3) is 0 Å². The van der Waals surface area contributed by atoms with Crippen LogP contribution < -0.4 is 11.1 Å². The Morgan fingerprint density at radius 3 is 2.33 bits per heavy atom. The number of para-hydroxylation sites is 1. The fourth-order valence-electron chi connectivity index (χ4n) is 1.20. The van der Waals surface area contributed by atoms with Crippen LogP contribution in [0.25, 0.3) is 0 Å². The van der Waals surface area contributed by atoms with E-state index in [4.69, 9.17) is 10.5 Å². The number of rotatable bonds is 1. The minimum atomic E-state index is -0.511. The highest BCUT2D eigenvalue weighted by Gasteiger charge is 2.16. The van der Waals surface area contributed by atoms with Gasteiger partial charge < -0.3 is 10.5 Å². The quantitative estimate of drug-likeness (QED) is 0.744. The molecular formula is C14H24N2O2. The van der Waals surface area contributed by atoms with Crippen molar-refractivity contribution in [2.45, 2.75) is 47.1 Å². The Hall–Kier alpha value is -1.71. The molecule has 1 amide bonds. The lowest BCUT2D eigenvalue weighted by atomic mass is 10.2. The number of hydrogen-bond donors (Lipinski definition) is 2. The van der Waals surface area contributed by atoms with Crippen molar-refractivity contribution in [3.8, 4) is 0 Å². The summed E-state index contributed by atoms with van der Waals surface area (Å²) in [4.78, 5) is 11.5. The van der Waals surface area contributed by atoms with Gasteiger partial charge in [0.15, 0.2) is 0 Å². The van der Waals surface area contributed by atoms with Crippen LogP contribution in [0.4, 0.5) is 16.2 Å². The molecule has 4 nitrogen and oxygen atoms in total. The molecule has 0 bridgehead atoms. The predicted molar refractivity (Wildman–Crippen MR) is 76.8 cm³/mol. The van der Waals surface area contributed by atoms with Crippen molar-refractivity contribution in [1.29, 1.82) is 0 Å². The lowest BCUT2D eigenvalue weighted by Crippen LogP contribution is -2.27. The van der Waals surface area contributed by atoms with Gasteiger partial charge >= 0.3 is 6.09 Å². The molecule has 102 valence electrons. The summed E-state index contributed by atoms with van der Waals surface area (Å²) in [6.45, 7) is 11.3. The highest BCUT2D eigenvalue weighted by Crippen LogP contribution is 2.22. The van der Waals surface area contributed by atoms with Gasteiger partial charge in [0.1, 0.15) is 5.60 Å². The van der Waals surface area contributed by atoms with Crippen LogP contribution >= 0.6 is 0 Å². The summed E-state index contributed by atoms with van der Waals surface area (Å²) in [5.74, 6) is 0. The molecule has 0 saturated heterocycles. The SMILES string of the molecule is CC.Cc1cccc(NC(=O)OC(C)(C)C)c1N. The van der Waals surface area contributed by atoms with Crippen LogP contribution in [0.2, 0.25) is 0 Å². The summed E-state index contributed by atoms with van der Waals surface area (Å²) in [6, 6.07) is 5.46. The third kappa shape index (κ3) is 5.57. The Bertz CT molecular complexity index is 395. The molecule has 0 atom stereocenters. The van der Waals surface area contributed by atoms with Gasteiger partial charge in [0, 0.05) is 0 Å². The van der Waals surface area contributed by atoms with Crippen molar-refractivity contribution in [3.63, 3.8) is 0 Å². The van der Waals surface area contributed by atoms with Crippen molar-refractivity contribution in [2.75, 3.05) is 11.1 Å². The average Bonchev–Trinajstić information content (AvgIpc) is 2.25. The number of nitrogens with two attached hydrogens (primary N) is 1. The van der Waals surface area contributed by atoms with Gasteiger partial charge in [-0.2, -0.15) is 0 Å². The van der Waals surface area contributed by atoms with E-state index in [0.29, 0.717) is 11.4 Å². The van der Waals surface area contributed by atoms with Crippen molar-refractivity contribution in [2.24, 2.45) is 0 Å².